The van der Waals surface area contributed by atoms with Crippen molar-refractivity contribution in [3.05, 3.63) is 53.3 Å². The molecule has 0 aromatic heterocycles. The fraction of sp³-hybridized carbons (Fsp3) is 0.143. The van der Waals surface area contributed by atoms with Crippen molar-refractivity contribution in [1.82, 2.24) is 5.06 Å². The molecule has 20 heavy (non-hydrogen) atoms. The molecule has 0 saturated heterocycles. The van der Waals surface area contributed by atoms with Crippen LogP contribution in [-0.4, -0.2) is 27.3 Å². The Balaban J connectivity index is 2.09. The van der Waals surface area contributed by atoms with Crippen molar-refractivity contribution < 1.29 is 20.0 Å². The molecule has 0 fully saturated rings. The fourth-order valence-electron chi connectivity index (χ4n) is 3.17. The van der Waals surface area contributed by atoms with E-state index < -0.39 is 23.7 Å². The SMILES string of the molecule is O=C1c2cccc3c2C2C(=CC=CC2C(=O)N3O)N1O. The Hall–Kier alpha value is -2.44. The summed E-state index contributed by atoms with van der Waals surface area (Å²) >= 11 is 0. The van der Waals surface area contributed by atoms with E-state index in [-0.39, 0.29) is 0 Å². The third-order valence-electron chi connectivity index (χ3n) is 4.05. The number of nitrogens with zero attached hydrogens (tertiary/aromatic N) is 2. The second-order valence-electron chi connectivity index (χ2n) is 4.99. The number of benzene rings is 1. The van der Waals surface area contributed by atoms with Gasteiger partial charge in [0, 0.05) is 17.0 Å². The average Bonchev–Trinajstić information content (AvgIpc) is 2.48. The predicted octanol–water partition coefficient (Wildman–Crippen LogP) is 1.42. The molecule has 6 heteroatoms. The van der Waals surface area contributed by atoms with Crippen LogP contribution in [0.3, 0.4) is 0 Å². The van der Waals surface area contributed by atoms with E-state index in [1.165, 1.54) is 0 Å². The summed E-state index contributed by atoms with van der Waals surface area (Å²) in [6.45, 7) is 0. The van der Waals surface area contributed by atoms with Gasteiger partial charge >= 0.3 is 0 Å². The summed E-state index contributed by atoms with van der Waals surface area (Å²) in [7, 11) is 0. The van der Waals surface area contributed by atoms with Crippen molar-refractivity contribution in [2.24, 2.45) is 5.92 Å². The van der Waals surface area contributed by atoms with Gasteiger partial charge in [0.25, 0.3) is 11.8 Å². The standard InChI is InChI=1S/C14H10N2O4/c17-13-7-3-1-5-9-11(7)12-8(14(18)15(9)19)4-2-6-10(12)16(13)20/h1-7,11,19-20H. The smallest absolute Gasteiger partial charge is 0.281 e. The molecule has 2 unspecified atom stereocenters. The minimum atomic E-state index is -0.614. The molecule has 0 saturated carbocycles. The first-order valence-corrected chi connectivity index (χ1v) is 6.18. The van der Waals surface area contributed by atoms with Crippen molar-refractivity contribution in [2.45, 2.75) is 5.92 Å². The van der Waals surface area contributed by atoms with Crippen LogP contribution in [0.5, 0.6) is 0 Å². The lowest BCUT2D eigenvalue weighted by atomic mass is 9.73. The normalized spacial score (nSPS) is 26.6. The lowest BCUT2D eigenvalue weighted by Gasteiger charge is -2.42. The molecule has 6 nitrogen and oxygen atoms in total. The molecule has 2 atom stereocenters. The van der Waals surface area contributed by atoms with Crippen LogP contribution in [-0.2, 0) is 4.79 Å². The summed E-state index contributed by atoms with van der Waals surface area (Å²) in [5.41, 5.74) is 1.56. The quantitative estimate of drug-likeness (QED) is 0.699. The highest BCUT2D eigenvalue weighted by atomic mass is 16.5. The van der Waals surface area contributed by atoms with Crippen LogP contribution in [0.4, 0.5) is 5.69 Å². The molecule has 2 amide bonds. The first-order chi connectivity index (χ1) is 9.61. The zero-order chi connectivity index (χ0) is 14.0. The van der Waals surface area contributed by atoms with Crippen LogP contribution in [0.15, 0.2) is 42.1 Å². The highest BCUT2D eigenvalue weighted by Gasteiger charge is 2.48. The highest BCUT2D eigenvalue weighted by molar-refractivity contribution is 6.06. The molecule has 0 spiro atoms. The number of allylic oxidation sites excluding steroid dienone is 3. The average molecular weight is 270 g/mol. The molecule has 2 heterocycles. The summed E-state index contributed by atoms with van der Waals surface area (Å²) in [6, 6.07) is 4.74. The molecular formula is C14H10N2O4. The van der Waals surface area contributed by atoms with Gasteiger partial charge in [0.05, 0.1) is 17.3 Å². The van der Waals surface area contributed by atoms with E-state index in [4.69, 9.17) is 0 Å². The summed E-state index contributed by atoms with van der Waals surface area (Å²) in [6.07, 6.45) is 4.89. The molecule has 1 aromatic carbocycles. The monoisotopic (exact) mass is 270 g/mol. The second-order valence-corrected chi connectivity index (χ2v) is 4.99. The molecule has 1 aromatic rings. The molecule has 2 aliphatic heterocycles. The number of amides is 2. The van der Waals surface area contributed by atoms with E-state index in [1.807, 2.05) is 0 Å². The zero-order valence-electron chi connectivity index (χ0n) is 10.2. The number of anilines is 1. The van der Waals surface area contributed by atoms with E-state index >= 15 is 0 Å². The number of hydroxylamine groups is 3. The van der Waals surface area contributed by atoms with Crippen molar-refractivity contribution >= 4 is 17.5 Å². The molecule has 0 radical (unpaired) electrons. The fourth-order valence-corrected chi connectivity index (χ4v) is 3.17. The van der Waals surface area contributed by atoms with Crippen LogP contribution in [0.1, 0.15) is 21.8 Å². The minimum absolute atomic E-state index is 0.302. The van der Waals surface area contributed by atoms with E-state index in [0.717, 1.165) is 0 Å². The molecule has 2 N–H and O–H groups in total. The van der Waals surface area contributed by atoms with Gasteiger partial charge < -0.3 is 0 Å². The Labute approximate surface area is 113 Å². The number of hydrogen-bond acceptors (Lipinski definition) is 4. The molecular weight excluding hydrogens is 260 g/mol. The molecule has 100 valence electrons. The number of rotatable bonds is 0. The lowest BCUT2D eigenvalue weighted by molar-refractivity contribution is -0.128. The van der Waals surface area contributed by atoms with Crippen molar-refractivity contribution in [2.75, 3.05) is 5.06 Å². The van der Waals surface area contributed by atoms with E-state index in [1.54, 1.807) is 36.4 Å². The van der Waals surface area contributed by atoms with Crippen LogP contribution in [0.25, 0.3) is 0 Å². The van der Waals surface area contributed by atoms with Gasteiger partial charge in [-0.1, -0.05) is 18.2 Å². The summed E-state index contributed by atoms with van der Waals surface area (Å²) in [4.78, 5) is 24.4. The Morgan fingerprint density at radius 1 is 1.10 bits per heavy atom. The Morgan fingerprint density at radius 3 is 2.70 bits per heavy atom. The van der Waals surface area contributed by atoms with Gasteiger partial charge in [0.1, 0.15) is 0 Å². The zero-order valence-corrected chi connectivity index (χ0v) is 10.2. The van der Waals surface area contributed by atoms with Crippen molar-refractivity contribution in [1.29, 1.82) is 0 Å². The third kappa shape index (κ3) is 1.15. The number of carbonyl (C=O) groups is 2. The maximum Gasteiger partial charge on any atom is 0.282 e. The van der Waals surface area contributed by atoms with Crippen molar-refractivity contribution in [3.63, 3.8) is 0 Å². The maximum absolute atomic E-state index is 12.2. The number of carbonyl (C=O) groups excluding carboxylic acids is 2. The predicted molar refractivity (Wildman–Crippen MR) is 67.1 cm³/mol. The van der Waals surface area contributed by atoms with Gasteiger partial charge in [0.2, 0.25) is 0 Å². The van der Waals surface area contributed by atoms with Crippen LogP contribution < -0.4 is 5.06 Å². The maximum atomic E-state index is 12.2. The van der Waals surface area contributed by atoms with E-state index in [0.29, 0.717) is 32.6 Å². The Morgan fingerprint density at radius 2 is 1.90 bits per heavy atom. The molecule has 0 bridgehead atoms. The highest BCUT2D eigenvalue weighted by Crippen LogP contribution is 2.49. The summed E-state index contributed by atoms with van der Waals surface area (Å²) in [5.74, 6) is -2.08. The largest absolute Gasteiger partial charge is 0.282 e. The molecule has 3 aliphatic rings. The van der Waals surface area contributed by atoms with E-state index in [2.05, 4.69) is 0 Å². The topological polar surface area (TPSA) is 81.1 Å². The van der Waals surface area contributed by atoms with Gasteiger partial charge in [-0.25, -0.2) is 0 Å². The van der Waals surface area contributed by atoms with Crippen LogP contribution >= 0.6 is 0 Å². The number of hydrogen-bond donors (Lipinski definition) is 2. The third-order valence-corrected chi connectivity index (χ3v) is 4.05. The van der Waals surface area contributed by atoms with E-state index in [9.17, 15) is 20.0 Å². The molecule has 1 aliphatic carbocycles. The first kappa shape index (κ1) is 11.4. The van der Waals surface area contributed by atoms with Crippen LogP contribution in [0.2, 0.25) is 0 Å². The van der Waals surface area contributed by atoms with Gasteiger partial charge in [0.15, 0.2) is 0 Å². The minimum Gasteiger partial charge on any atom is -0.281 e. The molecule has 4 rings (SSSR count). The summed E-state index contributed by atoms with van der Waals surface area (Å²) < 4.78 is 0. The van der Waals surface area contributed by atoms with Crippen LogP contribution in [0, 0.1) is 5.92 Å². The van der Waals surface area contributed by atoms with Gasteiger partial charge in [-0.05, 0) is 18.2 Å². The Kier molecular flexibility index (Phi) is 2.03. The van der Waals surface area contributed by atoms with Crippen molar-refractivity contribution in [3.8, 4) is 0 Å². The Bertz CT molecular complexity index is 722. The summed E-state index contributed by atoms with van der Waals surface area (Å²) in [5, 5.41) is 21.2. The lowest BCUT2D eigenvalue weighted by Crippen LogP contribution is -2.48. The van der Waals surface area contributed by atoms with Gasteiger partial charge in [-0.15, -0.1) is 0 Å². The first-order valence-electron chi connectivity index (χ1n) is 6.18. The second kappa shape index (κ2) is 3.56. The van der Waals surface area contributed by atoms with Gasteiger partial charge in [-0.3, -0.25) is 20.0 Å². The van der Waals surface area contributed by atoms with Gasteiger partial charge in [-0.2, -0.15) is 10.1 Å².